The Morgan fingerprint density at radius 3 is 2.59 bits per heavy atom. The van der Waals surface area contributed by atoms with E-state index in [-0.39, 0.29) is 6.03 Å². The molecule has 0 heterocycles. The van der Waals surface area contributed by atoms with Crippen molar-refractivity contribution in [2.24, 2.45) is 0 Å². The molecule has 0 saturated carbocycles. The van der Waals surface area contributed by atoms with Gasteiger partial charge in [0.2, 0.25) is 6.41 Å². The molecule has 0 bridgehead atoms. The molecule has 0 aliphatic heterocycles. The average molecular weight is 235 g/mol. The molecule has 17 heavy (non-hydrogen) atoms. The molecular weight excluding hydrogens is 218 g/mol. The summed E-state index contributed by atoms with van der Waals surface area (Å²) in [5.74, 6) is 0. The minimum Gasteiger partial charge on any atom is -0.359 e. The molecule has 5 nitrogen and oxygen atoms in total. The molecular formula is C12H17N3O2. The summed E-state index contributed by atoms with van der Waals surface area (Å²) < 4.78 is 0. The summed E-state index contributed by atoms with van der Waals surface area (Å²) in [6, 6.07) is 7.33. The van der Waals surface area contributed by atoms with Gasteiger partial charge in [0.25, 0.3) is 0 Å². The van der Waals surface area contributed by atoms with Crippen molar-refractivity contribution in [3.05, 3.63) is 29.8 Å². The first-order valence-electron chi connectivity index (χ1n) is 5.51. The molecule has 0 aliphatic carbocycles. The van der Waals surface area contributed by atoms with Gasteiger partial charge in [-0.15, -0.1) is 0 Å². The predicted octanol–water partition coefficient (Wildman–Crippen LogP) is 1.25. The van der Waals surface area contributed by atoms with E-state index in [2.05, 4.69) is 16.0 Å². The Hall–Kier alpha value is -2.04. The van der Waals surface area contributed by atoms with Crippen LogP contribution in [0.5, 0.6) is 0 Å². The van der Waals surface area contributed by atoms with Gasteiger partial charge in [0, 0.05) is 18.8 Å². The van der Waals surface area contributed by atoms with Crippen LogP contribution in [0.3, 0.4) is 0 Å². The Morgan fingerprint density at radius 2 is 1.94 bits per heavy atom. The smallest absolute Gasteiger partial charge is 0.319 e. The molecule has 1 aromatic carbocycles. The van der Waals surface area contributed by atoms with Crippen molar-refractivity contribution in [2.75, 3.05) is 18.4 Å². The molecule has 92 valence electrons. The van der Waals surface area contributed by atoms with E-state index in [4.69, 9.17) is 0 Å². The Morgan fingerprint density at radius 1 is 1.24 bits per heavy atom. The van der Waals surface area contributed by atoms with Crippen molar-refractivity contribution in [2.45, 2.75) is 13.3 Å². The Labute approximate surface area is 101 Å². The third kappa shape index (κ3) is 5.55. The Balaban J connectivity index is 2.20. The molecule has 0 atom stereocenters. The van der Waals surface area contributed by atoms with Crippen LogP contribution in [0, 0.1) is 6.92 Å². The van der Waals surface area contributed by atoms with Crippen LogP contribution in [-0.2, 0) is 4.79 Å². The fourth-order valence-corrected chi connectivity index (χ4v) is 1.26. The number of aryl methyl sites for hydroxylation is 1. The van der Waals surface area contributed by atoms with E-state index in [1.165, 1.54) is 0 Å². The van der Waals surface area contributed by atoms with Gasteiger partial charge >= 0.3 is 6.03 Å². The normalized spacial score (nSPS) is 9.47. The van der Waals surface area contributed by atoms with Gasteiger partial charge in [0.1, 0.15) is 0 Å². The number of benzene rings is 1. The Kier molecular flexibility index (Phi) is 5.57. The van der Waals surface area contributed by atoms with Gasteiger partial charge in [-0.05, 0) is 25.5 Å². The number of carbonyl (C=O) groups excluding carboxylic acids is 2. The highest BCUT2D eigenvalue weighted by Gasteiger charge is 1.99. The standard InChI is InChI=1S/C12H17N3O2/c1-10-3-5-11(6-4-10)15-12(17)14-8-2-7-13-9-16/h3-6,9H,2,7-8H2,1H3,(H,13,16)(H2,14,15,17). The number of anilines is 1. The second-order valence-corrected chi connectivity index (χ2v) is 3.67. The van der Waals surface area contributed by atoms with Crippen molar-refractivity contribution in [3.8, 4) is 0 Å². The summed E-state index contributed by atoms with van der Waals surface area (Å²) in [6.45, 7) is 3.08. The number of carbonyl (C=O) groups is 2. The minimum atomic E-state index is -0.236. The number of nitrogens with one attached hydrogen (secondary N) is 3. The van der Waals surface area contributed by atoms with Crippen molar-refractivity contribution in [3.63, 3.8) is 0 Å². The highest BCUT2D eigenvalue weighted by molar-refractivity contribution is 5.89. The molecule has 1 rings (SSSR count). The lowest BCUT2D eigenvalue weighted by Gasteiger charge is -2.07. The topological polar surface area (TPSA) is 70.2 Å². The monoisotopic (exact) mass is 235 g/mol. The van der Waals surface area contributed by atoms with Gasteiger partial charge in [0.15, 0.2) is 0 Å². The average Bonchev–Trinajstić information content (AvgIpc) is 2.32. The van der Waals surface area contributed by atoms with Gasteiger partial charge in [-0.1, -0.05) is 17.7 Å². The third-order valence-electron chi connectivity index (χ3n) is 2.18. The van der Waals surface area contributed by atoms with E-state index in [9.17, 15) is 9.59 Å². The van der Waals surface area contributed by atoms with E-state index >= 15 is 0 Å². The summed E-state index contributed by atoms with van der Waals surface area (Å²) in [5, 5.41) is 7.94. The molecule has 0 radical (unpaired) electrons. The third-order valence-corrected chi connectivity index (χ3v) is 2.18. The fourth-order valence-electron chi connectivity index (χ4n) is 1.26. The summed E-state index contributed by atoms with van der Waals surface area (Å²) in [4.78, 5) is 21.4. The lowest BCUT2D eigenvalue weighted by atomic mass is 10.2. The van der Waals surface area contributed by atoms with Crippen molar-refractivity contribution < 1.29 is 9.59 Å². The van der Waals surface area contributed by atoms with Crippen LogP contribution in [0.4, 0.5) is 10.5 Å². The van der Waals surface area contributed by atoms with E-state index in [0.29, 0.717) is 25.9 Å². The van der Waals surface area contributed by atoms with E-state index in [1.807, 2.05) is 31.2 Å². The maximum absolute atomic E-state index is 11.4. The predicted molar refractivity (Wildman–Crippen MR) is 66.9 cm³/mol. The van der Waals surface area contributed by atoms with Crippen LogP contribution in [0.1, 0.15) is 12.0 Å². The summed E-state index contributed by atoms with van der Waals surface area (Å²) in [5.41, 5.74) is 1.91. The minimum absolute atomic E-state index is 0.236. The van der Waals surface area contributed by atoms with Gasteiger partial charge in [0.05, 0.1) is 0 Å². The SMILES string of the molecule is Cc1ccc(NC(=O)NCCCNC=O)cc1. The van der Waals surface area contributed by atoms with Crippen molar-refractivity contribution >= 4 is 18.1 Å². The molecule has 0 spiro atoms. The summed E-state index contributed by atoms with van der Waals surface area (Å²) in [7, 11) is 0. The van der Waals surface area contributed by atoms with Gasteiger partial charge in [-0.3, -0.25) is 4.79 Å². The molecule has 0 fully saturated rings. The van der Waals surface area contributed by atoms with Gasteiger partial charge in [-0.2, -0.15) is 0 Å². The van der Waals surface area contributed by atoms with Crippen molar-refractivity contribution in [1.29, 1.82) is 0 Å². The highest BCUT2D eigenvalue weighted by Crippen LogP contribution is 2.07. The van der Waals surface area contributed by atoms with Crippen LogP contribution < -0.4 is 16.0 Å². The quantitative estimate of drug-likeness (QED) is 0.513. The van der Waals surface area contributed by atoms with Crippen LogP contribution in [-0.4, -0.2) is 25.5 Å². The first-order chi connectivity index (χ1) is 8.22. The molecule has 0 saturated heterocycles. The molecule has 3 N–H and O–H groups in total. The molecule has 5 heteroatoms. The second-order valence-electron chi connectivity index (χ2n) is 3.67. The number of amides is 3. The van der Waals surface area contributed by atoms with Gasteiger partial charge < -0.3 is 16.0 Å². The maximum atomic E-state index is 11.4. The van der Waals surface area contributed by atoms with Crippen LogP contribution in [0.25, 0.3) is 0 Å². The first-order valence-corrected chi connectivity index (χ1v) is 5.51. The zero-order chi connectivity index (χ0) is 12.5. The zero-order valence-corrected chi connectivity index (χ0v) is 9.82. The summed E-state index contributed by atoms with van der Waals surface area (Å²) >= 11 is 0. The number of urea groups is 1. The highest BCUT2D eigenvalue weighted by atomic mass is 16.2. The molecule has 3 amide bonds. The molecule has 1 aromatic rings. The van der Waals surface area contributed by atoms with E-state index in [0.717, 1.165) is 11.3 Å². The lowest BCUT2D eigenvalue weighted by Crippen LogP contribution is -2.31. The first kappa shape index (κ1) is 13.0. The zero-order valence-electron chi connectivity index (χ0n) is 9.82. The van der Waals surface area contributed by atoms with Crippen LogP contribution >= 0.6 is 0 Å². The second kappa shape index (κ2) is 7.27. The molecule has 0 aromatic heterocycles. The molecule has 0 aliphatic rings. The summed E-state index contributed by atoms with van der Waals surface area (Å²) in [6.07, 6.45) is 1.35. The van der Waals surface area contributed by atoms with Crippen LogP contribution in [0.2, 0.25) is 0 Å². The number of hydrogen-bond acceptors (Lipinski definition) is 2. The van der Waals surface area contributed by atoms with Crippen LogP contribution in [0.15, 0.2) is 24.3 Å². The lowest BCUT2D eigenvalue weighted by molar-refractivity contribution is -0.109. The largest absolute Gasteiger partial charge is 0.359 e. The van der Waals surface area contributed by atoms with E-state index < -0.39 is 0 Å². The maximum Gasteiger partial charge on any atom is 0.319 e. The molecule has 0 unspecified atom stereocenters. The van der Waals surface area contributed by atoms with Gasteiger partial charge in [-0.25, -0.2) is 4.79 Å². The number of rotatable bonds is 6. The number of hydrogen-bond donors (Lipinski definition) is 3. The van der Waals surface area contributed by atoms with Crippen molar-refractivity contribution in [1.82, 2.24) is 10.6 Å². The fraction of sp³-hybridized carbons (Fsp3) is 0.333. The Bertz CT molecular complexity index is 363. The van der Waals surface area contributed by atoms with E-state index in [1.54, 1.807) is 0 Å².